The Bertz CT molecular complexity index is 1010. The van der Waals surface area contributed by atoms with Crippen LogP contribution in [0.15, 0.2) is 40.6 Å². The summed E-state index contributed by atoms with van der Waals surface area (Å²) in [4.78, 5) is 0.122. The fourth-order valence-corrected chi connectivity index (χ4v) is 4.46. The zero-order chi connectivity index (χ0) is 23.8. The summed E-state index contributed by atoms with van der Waals surface area (Å²) >= 11 is 0. The number of nitrogens with one attached hydrogen (secondary N) is 6. The number of hydrazine groups is 1. The van der Waals surface area contributed by atoms with E-state index in [1.54, 1.807) is 19.3 Å². The summed E-state index contributed by atoms with van der Waals surface area (Å²) in [6.45, 7) is 2.84. The molecule has 3 rings (SSSR count). The first kappa shape index (κ1) is 24.9. The number of ether oxygens (including phenoxy) is 1. The van der Waals surface area contributed by atoms with Gasteiger partial charge >= 0.3 is 0 Å². The third-order valence-corrected chi connectivity index (χ3v) is 6.43. The molecule has 1 aromatic carbocycles. The molecule has 1 fully saturated rings. The van der Waals surface area contributed by atoms with E-state index in [1.807, 2.05) is 12.1 Å². The molecule has 6 N–H and O–H groups in total. The highest BCUT2D eigenvalue weighted by Gasteiger charge is 2.24. The van der Waals surface area contributed by atoms with Gasteiger partial charge in [-0.05, 0) is 43.7 Å². The number of benzene rings is 1. The Labute approximate surface area is 196 Å². The van der Waals surface area contributed by atoms with Gasteiger partial charge in [-0.1, -0.05) is 0 Å². The lowest BCUT2D eigenvalue weighted by atomic mass is 10.0. The van der Waals surface area contributed by atoms with Crippen LogP contribution in [0.4, 0.5) is 5.69 Å². The second kappa shape index (κ2) is 11.9. The molecule has 0 bridgehead atoms. The van der Waals surface area contributed by atoms with Crippen molar-refractivity contribution < 1.29 is 13.2 Å². The van der Waals surface area contributed by atoms with Gasteiger partial charge in [0.15, 0.2) is 10.7 Å². The monoisotopic (exact) mass is 475 g/mol. The Morgan fingerprint density at radius 3 is 2.61 bits per heavy atom. The largest absolute Gasteiger partial charge is 0.393 e. The molecule has 2 heterocycles. The van der Waals surface area contributed by atoms with Crippen LogP contribution in [-0.4, -0.2) is 71.9 Å². The standard InChI is InChI=1S/C22H33N7O3S/c1-25-13-16(12-23)15-9-18(11-19(10-15)33(30)31)28-22(24)20-14-29(26-2)6-3-21(20)27-17-4-7-32-8-5-17/h9-13,17,23,25-27,33H,3-8,14H2,1-2H3,(H2,24,28)/b16-13+,23-12?. The van der Waals surface area contributed by atoms with Crippen molar-refractivity contribution in [3.8, 4) is 0 Å². The molecule has 2 aliphatic heterocycles. The van der Waals surface area contributed by atoms with Gasteiger partial charge in [0.1, 0.15) is 5.84 Å². The van der Waals surface area contributed by atoms with Gasteiger partial charge < -0.3 is 26.1 Å². The van der Waals surface area contributed by atoms with Crippen molar-refractivity contribution in [1.82, 2.24) is 21.1 Å². The number of rotatable bonds is 9. The molecule has 0 aromatic heterocycles. The molecule has 1 aromatic rings. The van der Waals surface area contributed by atoms with Gasteiger partial charge in [0.2, 0.25) is 0 Å². The van der Waals surface area contributed by atoms with E-state index in [-0.39, 0.29) is 10.7 Å². The number of hydrogen-bond donors (Lipinski definition) is 7. The van der Waals surface area contributed by atoms with E-state index in [0.717, 1.165) is 56.5 Å². The summed E-state index contributed by atoms with van der Waals surface area (Å²) in [6.07, 6.45) is 5.42. The lowest BCUT2D eigenvalue weighted by Crippen LogP contribution is -2.46. The zero-order valence-electron chi connectivity index (χ0n) is 19.0. The van der Waals surface area contributed by atoms with Crippen LogP contribution in [0.5, 0.6) is 0 Å². The lowest BCUT2D eigenvalue weighted by Gasteiger charge is -2.34. The van der Waals surface area contributed by atoms with Gasteiger partial charge in [-0.25, -0.2) is 13.4 Å². The summed E-state index contributed by atoms with van der Waals surface area (Å²) < 4.78 is 28.9. The maximum Gasteiger partial charge on any atom is 0.168 e. The van der Waals surface area contributed by atoms with Crippen LogP contribution in [0.3, 0.4) is 0 Å². The minimum atomic E-state index is -2.82. The van der Waals surface area contributed by atoms with E-state index in [4.69, 9.17) is 15.6 Å². The molecule has 10 nitrogen and oxygen atoms in total. The van der Waals surface area contributed by atoms with Crippen LogP contribution in [0.1, 0.15) is 24.8 Å². The molecule has 180 valence electrons. The fraction of sp³-hybridized carbons (Fsp3) is 0.455. The average molecular weight is 476 g/mol. The van der Waals surface area contributed by atoms with Crippen molar-refractivity contribution in [3.63, 3.8) is 0 Å². The Kier molecular flexibility index (Phi) is 9.01. The van der Waals surface area contributed by atoms with Crippen LogP contribution in [0, 0.1) is 10.8 Å². The van der Waals surface area contributed by atoms with Crippen molar-refractivity contribution in [1.29, 1.82) is 10.8 Å². The number of thiol groups is 1. The molecule has 0 unspecified atom stereocenters. The Hall–Kier alpha value is -2.73. The number of hydrogen-bond acceptors (Lipinski definition) is 9. The van der Waals surface area contributed by atoms with Crippen molar-refractivity contribution in [2.75, 3.05) is 45.7 Å². The van der Waals surface area contributed by atoms with Gasteiger partial charge in [0, 0.05) is 80.8 Å². The molecule has 1 saturated heterocycles. The first-order valence-electron chi connectivity index (χ1n) is 11.0. The molecule has 0 spiro atoms. The van der Waals surface area contributed by atoms with Gasteiger partial charge in [-0.15, -0.1) is 0 Å². The number of allylic oxidation sites excluding steroid dienone is 1. The third kappa shape index (κ3) is 6.64. The summed E-state index contributed by atoms with van der Waals surface area (Å²) in [5.41, 5.74) is 6.61. The van der Waals surface area contributed by atoms with E-state index in [2.05, 4.69) is 21.4 Å². The summed E-state index contributed by atoms with van der Waals surface area (Å²) in [7, 11) is 0.750. The molecule has 0 amide bonds. The molecule has 0 saturated carbocycles. The number of nitrogens with zero attached hydrogens (tertiary/aromatic N) is 1. The van der Waals surface area contributed by atoms with E-state index in [1.165, 1.54) is 12.1 Å². The normalized spacial score (nSPS) is 18.3. The van der Waals surface area contributed by atoms with Gasteiger partial charge in [-0.3, -0.25) is 10.8 Å². The summed E-state index contributed by atoms with van der Waals surface area (Å²) in [6, 6.07) is 5.10. The summed E-state index contributed by atoms with van der Waals surface area (Å²) in [5.74, 6) is 0.211. The SMILES string of the molecule is CN/C=C(\C=N)c1cc(NC(=N)C2=C(NC3CCOCC3)CCN(NC)C2)cc([SH](=O)=O)c1. The molecule has 33 heavy (non-hydrogen) atoms. The van der Waals surface area contributed by atoms with Crippen LogP contribution >= 0.6 is 0 Å². The lowest BCUT2D eigenvalue weighted by molar-refractivity contribution is 0.0795. The van der Waals surface area contributed by atoms with Gasteiger partial charge in [0.25, 0.3) is 0 Å². The average Bonchev–Trinajstić information content (AvgIpc) is 2.83. The predicted molar refractivity (Wildman–Crippen MR) is 131 cm³/mol. The molecule has 11 heteroatoms. The molecular formula is C22H33N7O3S. The van der Waals surface area contributed by atoms with E-state index >= 15 is 0 Å². The van der Waals surface area contributed by atoms with Crippen molar-refractivity contribution in [2.24, 2.45) is 0 Å². The van der Waals surface area contributed by atoms with Crippen molar-refractivity contribution >= 4 is 34.0 Å². The van der Waals surface area contributed by atoms with Crippen LogP contribution in [0.2, 0.25) is 0 Å². The first-order valence-corrected chi connectivity index (χ1v) is 12.1. The minimum Gasteiger partial charge on any atom is -0.393 e. The maximum absolute atomic E-state index is 11.7. The minimum absolute atomic E-state index is 0.122. The van der Waals surface area contributed by atoms with Crippen molar-refractivity contribution in [3.05, 3.63) is 41.2 Å². The molecule has 0 atom stereocenters. The number of amidine groups is 1. The predicted octanol–water partition coefficient (Wildman–Crippen LogP) is 1.12. The smallest absolute Gasteiger partial charge is 0.168 e. The Morgan fingerprint density at radius 1 is 1.21 bits per heavy atom. The molecule has 0 aliphatic carbocycles. The second-order valence-electron chi connectivity index (χ2n) is 7.94. The summed E-state index contributed by atoms with van der Waals surface area (Å²) in [5, 5.41) is 28.1. The second-order valence-corrected chi connectivity index (χ2v) is 8.97. The Balaban J connectivity index is 1.91. The van der Waals surface area contributed by atoms with Crippen molar-refractivity contribution in [2.45, 2.75) is 30.2 Å². The van der Waals surface area contributed by atoms with E-state index in [9.17, 15) is 8.42 Å². The quantitative estimate of drug-likeness (QED) is 0.160. The first-order chi connectivity index (χ1) is 15.9. The van der Waals surface area contributed by atoms with E-state index < -0.39 is 10.7 Å². The molecule has 2 aliphatic rings. The molecule has 0 radical (unpaired) electrons. The van der Waals surface area contributed by atoms with Gasteiger partial charge in [0.05, 0.1) is 4.90 Å². The van der Waals surface area contributed by atoms with E-state index in [0.29, 0.717) is 29.4 Å². The topological polar surface area (TPSA) is 142 Å². The number of anilines is 1. The van der Waals surface area contributed by atoms with Crippen LogP contribution in [-0.2, 0) is 15.4 Å². The highest BCUT2D eigenvalue weighted by Crippen LogP contribution is 2.24. The highest BCUT2D eigenvalue weighted by molar-refractivity contribution is 7.72. The molecular weight excluding hydrogens is 442 g/mol. The maximum atomic E-state index is 11.7. The third-order valence-electron chi connectivity index (χ3n) is 5.75. The zero-order valence-corrected chi connectivity index (χ0v) is 19.9. The fourth-order valence-electron chi connectivity index (χ4n) is 3.97. The van der Waals surface area contributed by atoms with Crippen LogP contribution in [0.25, 0.3) is 5.57 Å². The van der Waals surface area contributed by atoms with Gasteiger partial charge in [-0.2, -0.15) is 0 Å². The highest BCUT2D eigenvalue weighted by atomic mass is 32.2. The Morgan fingerprint density at radius 2 is 1.97 bits per heavy atom. The van der Waals surface area contributed by atoms with Crippen LogP contribution < -0.4 is 21.4 Å².